The number of rotatable bonds is 7. The third-order valence-corrected chi connectivity index (χ3v) is 7.51. The zero-order valence-corrected chi connectivity index (χ0v) is 22.0. The minimum absolute atomic E-state index is 0.150. The van der Waals surface area contributed by atoms with Gasteiger partial charge in [-0.25, -0.2) is 14.3 Å². The molecule has 5 heterocycles. The average Bonchev–Trinajstić information content (AvgIpc) is 3.50. The first-order valence-electron chi connectivity index (χ1n) is 12.1. The molecule has 3 aliphatic heterocycles. The Labute approximate surface area is 226 Å². The molecule has 2 aromatic heterocycles. The maximum atomic E-state index is 13.1. The second-order valence-electron chi connectivity index (χ2n) is 9.24. The summed E-state index contributed by atoms with van der Waals surface area (Å²) in [4.78, 5) is 63.0. The lowest BCUT2D eigenvalue weighted by atomic mass is 9.82. The quantitative estimate of drug-likeness (QED) is 0.143. The Bertz CT molecular complexity index is 1480. The van der Waals surface area contributed by atoms with Gasteiger partial charge in [0, 0.05) is 23.6 Å². The summed E-state index contributed by atoms with van der Waals surface area (Å²) in [5.41, 5.74) is 7.16. The summed E-state index contributed by atoms with van der Waals surface area (Å²) in [5.74, 6) is -2.73. The number of β-lactam (4-membered cyclic amide) rings is 1. The van der Waals surface area contributed by atoms with Crippen LogP contribution >= 0.6 is 11.3 Å². The number of carboxylic acid groups (broad SMARTS) is 1. The zero-order chi connectivity index (χ0) is 27.8. The minimum atomic E-state index is -1.28. The first kappa shape index (κ1) is 26.0. The molecule has 0 spiro atoms. The van der Waals surface area contributed by atoms with Crippen molar-refractivity contribution in [3.05, 3.63) is 58.5 Å². The maximum Gasteiger partial charge on any atom is 0.352 e. The molecule has 2 fully saturated rings. The number of hydrogen-bond acceptors (Lipinski definition) is 9. The van der Waals surface area contributed by atoms with Gasteiger partial charge in [-0.15, -0.1) is 11.3 Å². The number of aromatic nitrogens is 2. The smallest absolute Gasteiger partial charge is 0.352 e. The van der Waals surface area contributed by atoms with Crippen molar-refractivity contribution in [2.24, 2.45) is 12.2 Å². The Kier molecular flexibility index (Phi) is 6.87. The number of allylic oxidation sites excluding steroid dienone is 2. The number of anilines is 2. The van der Waals surface area contributed by atoms with E-state index >= 15 is 0 Å². The molecule has 39 heavy (non-hydrogen) atoms. The molecule has 4 N–H and O–H groups in total. The van der Waals surface area contributed by atoms with Crippen molar-refractivity contribution in [3.8, 4) is 0 Å². The molecule has 0 aliphatic carbocycles. The number of nitrogens with zero attached hydrogens (tertiary/aromatic N) is 5. The van der Waals surface area contributed by atoms with Gasteiger partial charge in [-0.2, -0.15) is 0 Å². The van der Waals surface area contributed by atoms with Gasteiger partial charge in [0.15, 0.2) is 23.2 Å². The maximum absolute atomic E-state index is 13.1. The van der Waals surface area contributed by atoms with Crippen LogP contribution in [0.25, 0.3) is 0 Å². The first-order chi connectivity index (χ1) is 18.7. The number of nitrogen functional groups attached to an aromatic ring is 1. The van der Waals surface area contributed by atoms with Crippen molar-refractivity contribution < 1.29 is 33.7 Å². The van der Waals surface area contributed by atoms with E-state index in [1.54, 1.807) is 11.0 Å². The number of thiazole rings is 1. The van der Waals surface area contributed by atoms with Crippen molar-refractivity contribution >= 4 is 51.6 Å². The van der Waals surface area contributed by atoms with E-state index in [-0.39, 0.29) is 28.1 Å². The van der Waals surface area contributed by atoms with Gasteiger partial charge in [0.2, 0.25) is 0 Å². The van der Waals surface area contributed by atoms with Crippen LogP contribution in [0.5, 0.6) is 0 Å². The van der Waals surface area contributed by atoms with Crippen LogP contribution in [0.1, 0.15) is 25.0 Å². The molecule has 2 aromatic rings. The van der Waals surface area contributed by atoms with E-state index < -0.39 is 29.9 Å². The SMILES string of the molecule is CO/N=C(\C(=O)N[C@@H]1C(=O)N2C(C(=O)O)=C(C=C3CCN(c4ccc[n+](C)c4)C3=O)CC[C@H]12)c1csc(N)n1. The molecule has 202 valence electrons. The lowest BCUT2D eigenvalue weighted by molar-refractivity contribution is -0.670. The highest BCUT2D eigenvalue weighted by molar-refractivity contribution is 7.13. The van der Waals surface area contributed by atoms with E-state index in [9.17, 15) is 24.3 Å². The number of oxime groups is 1. The molecule has 2 saturated heterocycles. The Hall–Kier alpha value is -4.59. The Morgan fingerprint density at radius 1 is 1.36 bits per heavy atom. The topological polar surface area (TPSA) is 171 Å². The van der Waals surface area contributed by atoms with E-state index in [0.29, 0.717) is 37.0 Å². The highest BCUT2D eigenvalue weighted by Crippen LogP contribution is 2.38. The largest absolute Gasteiger partial charge is 0.477 e. The van der Waals surface area contributed by atoms with Gasteiger partial charge >= 0.3 is 5.97 Å². The van der Waals surface area contributed by atoms with E-state index in [4.69, 9.17) is 10.6 Å². The molecular weight excluding hydrogens is 526 g/mol. The number of nitrogens with one attached hydrogen (secondary N) is 1. The van der Waals surface area contributed by atoms with Crippen LogP contribution in [0.2, 0.25) is 0 Å². The van der Waals surface area contributed by atoms with Crippen LogP contribution in [0.15, 0.2) is 58.0 Å². The van der Waals surface area contributed by atoms with Crippen molar-refractivity contribution in [2.75, 3.05) is 24.3 Å². The third-order valence-electron chi connectivity index (χ3n) is 6.83. The molecule has 3 aliphatic rings. The van der Waals surface area contributed by atoms with Crippen molar-refractivity contribution in [1.82, 2.24) is 15.2 Å². The Balaban J connectivity index is 1.35. The van der Waals surface area contributed by atoms with Crippen LogP contribution in [-0.4, -0.2) is 70.1 Å². The standard InChI is InChI=1S/C25H25N7O6S/c1-30-8-3-4-15(11-30)31-9-7-14(22(31)34)10-13-5-6-17-19(23(35)32(17)20(13)24(36)37)28-21(33)18(29-38-2)16-12-39-25(26)27-16/h3-4,8,10-12,17,19H,5-7,9H2,1-2H3,(H3-,26,27,28,33,36,37)/p+1/b14-10?,29-18-/t17-,19+/m1/s1. The van der Waals surface area contributed by atoms with Crippen LogP contribution in [-0.2, 0) is 31.1 Å². The molecule has 3 amide bonds. The van der Waals surface area contributed by atoms with Crippen LogP contribution < -0.4 is 20.5 Å². The van der Waals surface area contributed by atoms with Crippen LogP contribution in [0, 0.1) is 0 Å². The highest BCUT2D eigenvalue weighted by Gasteiger charge is 2.53. The number of aryl methyl sites for hydroxylation is 1. The summed E-state index contributed by atoms with van der Waals surface area (Å²) in [6.45, 7) is 0.472. The average molecular weight is 553 g/mol. The van der Waals surface area contributed by atoms with Crippen LogP contribution in [0.3, 0.4) is 0 Å². The number of hydrogen-bond donors (Lipinski definition) is 3. The second kappa shape index (κ2) is 10.3. The molecule has 0 radical (unpaired) electrons. The number of aliphatic carboxylic acids is 1. The molecule has 2 atom stereocenters. The summed E-state index contributed by atoms with van der Waals surface area (Å²) < 4.78 is 1.85. The van der Waals surface area contributed by atoms with Gasteiger partial charge < -0.3 is 25.9 Å². The van der Waals surface area contributed by atoms with Gasteiger partial charge in [-0.1, -0.05) is 5.16 Å². The molecule has 0 aromatic carbocycles. The van der Waals surface area contributed by atoms with Crippen molar-refractivity contribution in [1.29, 1.82) is 0 Å². The molecule has 0 saturated carbocycles. The number of carbonyl (C=O) groups excluding carboxylic acids is 3. The number of carboxylic acids is 1. The predicted octanol–water partition coefficient (Wildman–Crippen LogP) is 0.0917. The number of fused-ring (bicyclic) bond motifs is 1. The van der Waals surface area contributed by atoms with Gasteiger partial charge in [0.25, 0.3) is 17.7 Å². The molecule has 14 heteroatoms. The lowest BCUT2D eigenvalue weighted by Gasteiger charge is -2.50. The van der Waals surface area contributed by atoms with Crippen molar-refractivity contribution in [2.45, 2.75) is 31.3 Å². The zero-order valence-electron chi connectivity index (χ0n) is 21.2. The summed E-state index contributed by atoms with van der Waals surface area (Å²) >= 11 is 1.12. The first-order valence-corrected chi connectivity index (χ1v) is 13.0. The fourth-order valence-electron chi connectivity index (χ4n) is 5.07. The molecule has 0 bridgehead atoms. The minimum Gasteiger partial charge on any atom is -0.477 e. The van der Waals surface area contributed by atoms with E-state index in [0.717, 1.165) is 17.0 Å². The fourth-order valence-corrected chi connectivity index (χ4v) is 5.62. The summed E-state index contributed by atoms with van der Waals surface area (Å²) in [7, 11) is 3.14. The van der Waals surface area contributed by atoms with Gasteiger partial charge in [0.05, 0.1) is 6.04 Å². The predicted molar refractivity (Wildman–Crippen MR) is 139 cm³/mol. The summed E-state index contributed by atoms with van der Waals surface area (Å²) in [5, 5.41) is 18.1. The third kappa shape index (κ3) is 4.74. The van der Waals surface area contributed by atoms with E-state index in [1.165, 1.54) is 17.4 Å². The number of amides is 3. The molecule has 0 unspecified atom stereocenters. The fraction of sp³-hybridized carbons (Fsp3) is 0.320. The summed E-state index contributed by atoms with van der Waals surface area (Å²) in [6.07, 6.45) is 6.48. The molecule has 5 rings (SSSR count). The number of nitrogens with two attached hydrogens (primary N) is 1. The lowest BCUT2D eigenvalue weighted by Crippen LogP contribution is -2.72. The van der Waals surface area contributed by atoms with Crippen molar-refractivity contribution in [3.63, 3.8) is 0 Å². The number of pyridine rings is 1. The van der Waals surface area contributed by atoms with Gasteiger partial charge in [-0.05, 0) is 37.0 Å². The monoisotopic (exact) mass is 552 g/mol. The number of carbonyl (C=O) groups is 4. The van der Waals surface area contributed by atoms with Crippen LogP contribution in [0.4, 0.5) is 10.8 Å². The Morgan fingerprint density at radius 3 is 2.82 bits per heavy atom. The van der Waals surface area contributed by atoms with E-state index in [2.05, 4.69) is 15.5 Å². The Morgan fingerprint density at radius 2 is 2.15 bits per heavy atom. The van der Waals surface area contributed by atoms with E-state index in [1.807, 2.05) is 36.1 Å². The second-order valence-corrected chi connectivity index (χ2v) is 10.1. The van der Waals surface area contributed by atoms with Gasteiger partial charge in [0.1, 0.15) is 37.3 Å². The molecular formula is C25H26N7O6S+. The summed E-state index contributed by atoms with van der Waals surface area (Å²) in [6, 6.07) is 2.19. The normalized spacial score (nSPS) is 22.2. The highest BCUT2D eigenvalue weighted by atomic mass is 32.1. The van der Waals surface area contributed by atoms with Gasteiger partial charge in [-0.3, -0.25) is 19.3 Å². The molecule has 13 nitrogen and oxygen atoms in total.